The molecule has 0 bridgehead atoms. The molecule has 2 aromatic rings. The number of halogens is 2. The monoisotopic (exact) mass is 222 g/mol. The Morgan fingerprint density at radius 1 is 1.25 bits per heavy atom. The van der Waals surface area contributed by atoms with Crippen LogP contribution in [0, 0.1) is 0 Å². The van der Waals surface area contributed by atoms with Gasteiger partial charge >= 0.3 is 0 Å². The first-order chi connectivity index (χ1) is 7.75. The summed E-state index contributed by atoms with van der Waals surface area (Å²) < 4.78 is 25.2. The average molecular weight is 222 g/mol. The number of aromatic amines is 1. The maximum absolute atomic E-state index is 12.6. The molecule has 4 heteroatoms. The molecular formula is C12H12F2N2. The normalized spacial score (nSPS) is 15.7. The second-order valence-electron chi connectivity index (χ2n) is 4.11. The van der Waals surface area contributed by atoms with Crippen LogP contribution in [0.2, 0.25) is 0 Å². The van der Waals surface area contributed by atoms with E-state index in [2.05, 4.69) is 10.3 Å². The molecule has 1 aromatic carbocycles. The van der Waals surface area contributed by atoms with Gasteiger partial charge in [-0.15, -0.1) is 0 Å². The molecule has 2 nitrogen and oxygen atoms in total. The van der Waals surface area contributed by atoms with E-state index in [1.165, 1.54) is 11.6 Å². The van der Waals surface area contributed by atoms with Crippen molar-refractivity contribution in [2.75, 3.05) is 6.54 Å². The van der Waals surface area contributed by atoms with Gasteiger partial charge in [0.25, 0.3) is 6.43 Å². The van der Waals surface area contributed by atoms with Crippen LogP contribution in [-0.4, -0.2) is 11.5 Å². The number of fused-ring (bicyclic) bond motifs is 3. The van der Waals surface area contributed by atoms with E-state index in [9.17, 15) is 8.78 Å². The van der Waals surface area contributed by atoms with E-state index in [0.717, 1.165) is 36.1 Å². The van der Waals surface area contributed by atoms with Crippen molar-refractivity contribution in [1.82, 2.24) is 10.3 Å². The summed E-state index contributed by atoms with van der Waals surface area (Å²) in [6.07, 6.45) is -1.49. The number of rotatable bonds is 1. The van der Waals surface area contributed by atoms with E-state index >= 15 is 0 Å². The van der Waals surface area contributed by atoms with E-state index in [4.69, 9.17) is 0 Å². The fraction of sp³-hybridized carbons (Fsp3) is 0.333. The predicted molar refractivity (Wildman–Crippen MR) is 58.7 cm³/mol. The summed E-state index contributed by atoms with van der Waals surface area (Å²) in [5, 5.41) is 4.21. The van der Waals surface area contributed by atoms with Crippen molar-refractivity contribution in [3.63, 3.8) is 0 Å². The SMILES string of the molecule is FC(F)c1ccc2[nH]c3c(c2c1)CCNC3. The van der Waals surface area contributed by atoms with Gasteiger partial charge in [-0.05, 0) is 30.7 Å². The Hall–Kier alpha value is -1.42. The molecule has 0 saturated heterocycles. The van der Waals surface area contributed by atoms with E-state index in [0.29, 0.717) is 0 Å². The lowest BCUT2D eigenvalue weighted by Crippen LogP contribution is -2.22. The van der Waals surface area contributed by atoms with Crippen LogP contribution in [0.15, 0.2) is 18.2 Å². The Bertz CT molecular complexity index is 531. The molecule has 1 aromatic heterocycles. The second kappa shape index (κ2) is 3.56. The van der Waals surface area contributed by atoms with Gasteiger partial charge in [0.05, 0.1) is 0 Å². The molecule has 1 aliphatic heterocycles. The van der Waals surface area contributed by atoms with Crippen LogP contribution in [-0.2, 0) is 13.0 Å². The molecule has 0 amide bonds. The van der Waals surface area contributed by atoms with Crippen LogP contribution < -0.4 is 5.32 Å². The van der Waals surface area contributed by atoms with Gasteiger partial charge in [-0.3, -0.25) is 0 Å². The maximum Gasteiger partial charge on any atom is 0.263 e. The minimum Gasteiger partial charge on any atom is -0.357 e. The van der Waals surface area contributed by atoms with Gasteiger partial charge in [-0.1, -0.05) is 6.07 Å². The molecule has 3 rings (SSSR count). The van der Waals surface area contributed by atoms with Crippen molar-refractivity contribution in [3.8, 4) is 0 Å². The highest BCUT2D eigenvalue weighted by Gasteiger charge is 2.16. The summed E-state index contributed by atoms with van der Waals surface area (Å²) >= 11 is 0. The lowest BCUT2D eigenvalue weighted by molar-refractivity contribution is 0.151. The van der Waals surface area contributed by atoms with Crippen LogP contribution in [0.1, 0.15) is 23.2 Å². The molecule has 84 valence electrons. The molecule has 0 aliphatic carbocycles. The summed E-state index contributed by atoms with van der Waals surface area (Å²) in [4.78, 5) is 3.27. The second-order valence-corrected chi connectivity index (χ2v) is 4.11. The Balaban J connectivity index is 2.21. The third kappa shape index (κ3) is 1.41. The van der Waals surface area contributed by atoms with E-state index < -0.39 is 6.43 Å². The first-order valence-electron chi connectivity index (χ1n) is 5.38. The number of hydrogen-bond acceptors (Lipinski definition) is 1. The van der Waals surface area contributed by atoms with Gasteiger partial charge in [0.15, 0.2) is 0 Å². The smallest absolute Gasteiger partial charge is 0.263 e. The third-order valence-corrected chi connectivity index (χ3v) is 3.12. The molecule has 0 unspecified atom stereocenters. The van der Waals surface area contributed by atoms with Crippen LogP contribution in [0.3, 0.4) is 0 Å². The van der Waals surface area contributed by atoms with Crippen molar-refractivity contribution in [1.29, 1.82) is 0 Å². The van der Waals surface area contributed by atoms with Crippen molar-refractivity contribution >= 4 is 10.9 Å². The minimum absolute atomic E-state index is 0.104. The number of hydrogen-bond donors (Lipinski definition) is 2. The average Bonchev–Trinajstić information content (AvgIpc) is 2.66. The molecule has 0 radical (unpaired) electrons. The van der Waals surface area contributed by atoms with Crippen LogP contribution in [0.5, 0.6) is 0 Å². The summed E-state index contributed by atoms with van der Waals surface area (Å²) in [5.74, 6) is 0. The first-order valence-corrected chi connectivity index (χ1v) is 5.38. The van der Waals surface area contributed by atoms with Gasteiger partial charge in [-0.25, -0.2) is 8.78 Å². The zero-order chi connectivity index (χ0) is 11.1. The largest absolute Gasteiger partial charge is 0.357 e. The lowest BCUT2D eigenvalue weighted by atomic mass is 10.0. The van der Waals surface area contributed by atoms with Crippen LogP contribution in [0.25, 0.3) is 10.9 Å². The lowest BCUT2D eigenvalue weighted by Gasteiger charge is -2.12. The molecule has 2 N–H and O–H groups in total. The Morgan fingerprint density at radius 3 is 2.94 bits per heavy atom. The van der Waals surface area contributed by atoms with E-state index in [1.807, 2.05) is 0 Å². The zero-order valence-electron chi connectivity index (χ0n) is 8.69. The molecule has 0 atom stereocenters. The summed E-state index contributed by atoms with van der Waals surface area (Å²) in [6, 6.07) is 4.85. The number of nitrogens with one attached hydrogen (secondary N) is 2. The number of benzene rings is 1. The molecule has 0 saturated carbocycles. The fourth-order valence-corrected chi connectivity index (χ4v) is 2.32. The highest BCUT2D eigenvalue weighted by molar-refractivity contribution is 5.85. The quantitative estimate of drug-likeness (QED) is 0.762. The number of alkyl halides is 2. The zero-order valence-corrected chi connectivity index (χ0v) is 8.69. The molecular weight excluding hydrogens is 210 g/mol. The van der Waals surface area contributed by atoms with Crippen molar-refractivity contribution in [2.24, 2.45) is 0 Å². The minimum atomic E-state index is -2.39. The maximum atomic E-state index is 12.6. The molecule has 16 heavy (non-hydrogen) atoms. The standard InChI is InChI=1S/C12H12F2N2/c13-12(14)7-1-2-10-9(5-7)8-3-4-15-6-11(8)16-10/h1-2,5,12,15-16H,3-4,6H2. The summed E-state index contributed by atoms with van der Waals surface area (Å²) in [6.45, 7) is 1.72. The Morgan fingerprint density at radius 2 is 2.12 bits per heavy atom. The van der Waals surface area contributed by atoms with Gasteiger partial charge in [-0.2, -0.15) is 0 Å². The fourth-order valence-electron chi connectivity index (χ4n) is 2.32. The van der Waals surface area contributed by atoms with Gasteiger partial charge in [0.1, 0.15) is 0 Å². The predicted octanol–water partition coefficient (Wildman–Crippen LogP) is 2.75. The van der Waals surface area contributed by atoms with Gasteiger partial charge < -0.3 is 10.3 Å². The van der Waals surface area contributed by atoms with Gasteiger partial charge in [0.2, 0.25) is 0 Å². The van der Waals surface area contributed by atoms with Crippen LogP contribution >= 0.6 is 0 Å². The Kier molecular flexibility index (Phi) is 2.17. The van der Waals surface area contributed by atoms with Crippen molar-refractivity contribution in [2.45, 2.75) is 19.4 Å². The molecule has 2 heterocycles. The van der Waals surface area contributed by atoms with E-state index in [-0.39, 0.29) is 5.56 Å². The first kappa shape index (κ1) is 9.78. The topological polar surface area (TPSA) is 27.8 Å². The highest BCUT2D eigenvalue weighted by Crippen LogP contribution is 2.29. The molecule has 1 aliphatic rings. The van der Waals surface area contributed by atoms with E-state index in [1.54, 1.807) is 12.1 Å². The van der Waals surface area contributed by atoms with Crippen molar-refractivity contribution in [3.05, 3.63) is 35.0 Å². The molecule has 0 spiro atoms. The van der Waals surface area contributed by atoms with Crippen molar-refractivity contribution < 1.29 is 8.78 Å². The van der Waals surface area contributed by atoms with Crippen LogP contribution in [0.4, 0.5) is 8.78 Å². The number of aromatic nitrogens is 1. The Labute approximate surface area is 91.7 Å². The third-order valence-electron chi connectivity index (χ3n) is 3.12. The summed E-state index contributed by atoms with van der Waals surface area (Å²) in [5.41, 5.74) is 3.38. The highest BCUT2D eigenvalue weighted by atomic mass is 19.3. The molecule has 0 fully saturated rings. The number of H-pyrrole nitrogens is 1. The van der Waals surface area contributed by atoms with Gasteiger partial charge in [0, 0.05) is 28.7 Å². The summed E-state index contributed by atoms with van der Waals surface area (Å²) in [7, 11) is 0.